The summed E-state index contributed by atoms with van der Waals surface area (Å²) in [5.74, 6) is -0.240. The van der Waals surface area contributed by atoms with E-state index in [4.69, 9.17) is 9.47 Å². The van der Waals surface area contributed by atoms with Crippen LogP contribution in [0.5, 0.6) is 5.75 Å². The fraction of sp³-hybridized carbons (Fsp3) is 0.316. The van der Waals surface area contributed by atoms with Crippen LogP contribution in [0.2, 0.25) is 0 Å². The van der Waals surface area contributed by atoms with Crippen LogP contribution < -0.4 is 9.75 Å². The molecule has 0 aliphatic carbocycles. The third kappa shape index (κ3) is 4.46. The SMILES string of the molecule is COC(=O)/C(=C/N(C)C)C1=NN(c2ccc(OC)cc2)C(=O)C1=CN(C)C. The van der Waals surface area contributed by atoms with E-state index in [1.807, 2.05) is 0 Å². The number of hydrogen-bond donors (Lipinski definition) is 0. The van der Waals surface area contributed by atoms with Crippen molar-refractivity contribution in [2.24, 2.45) is 5.10 Å². The molecule has 8 nitrogen and oxygen atoms in total. The van der Waals surface area contributed by atoms with Gasteiger partial charge in [0.05, 0.1) is 25.5 Å². The van der Waals surface area contributed by atoms with Gasteiger partial charge in [-0.1, -0.05) is 0 Å². The van der Waals surface area contributed by atoms with Crippen LogP contribution >= 0.6 is 0 Å². The first-order valence-electron chi connectivity index (χ1n) is 8.21. The van der Waals surface area contributed by atoms with E-state index >= 15 is 0 Å². The van der Waals surface area contributed by atoms with Crippen molar-refractivity contribution in [3.8, 4) is 5.75 Å². The summed E-state index contributed by atoms with van der Waals surface area (Å²) in [5.41, 5.74) is 1.31. The molecule has 0 atom stereocenters. The van der Waals surface area contributed by atoms with E-state index < -0.39 is 5.97 Å². The second kappa shape index (κ2) is 8.39. The summed E-state index contributed by atoms with van der Waals surface area (Å²) in [6.07, 6.45) is 3.22. The van der Waals surface area contributed by atoms with E-state index in [9.17, 15) is 9.59 Å². The van der Waals surface area contributed by atoms with E-state index in [1.54, 1.807) is 81.8 Å². The Balaban J connectivity index is 2.58. The topological polar surface area (TPSA) is 74.7 Å². The van der Waals surface area contributed by atoms with E-state index in [0.29, 0.717) is 17.0 Å². The van der Waals surface area contributed by atoms with Gasteiger partial charge in [-0.05, 0) is 24.3 Å². The molecule has 1 aliphatic heterocycles. The largest absolute Gasteiger partial charge is 0.497 e. The van der Waals surface area contributed by atoms with Crippen molar-refractivity contribution >= 4 is 23.3 Å². The van der Waals surface area contributed by atoms with Gasteiger partial charge in [0.1, 0.15) is 17.0 Å². The summed E-state index contributed by atoms with van der Waals surface area (Å²) in [6.45, 7) is 0. The number of methoxy groups -OCH3 is 2. The molecule has 144 valence electrons. The first-order chi connectivity index (χ1) is 12.8. The van der Waals surface area contributed by atoms with Crippen LogP contribution in [0, 0.1) is 0 Å². The molecule has 1 aromatic carbocycles. The molecule has 0 bridgehead atoms. The second-order valence-corrected chi connectivity index (χ2v) is 6.27. The van der Waals surface area contributed by atoms with E-state index in [2.05, 4.69) is 5.10 Å². The van der Waals surface area contributed by atoms with Crippen LogP contribution in [0.4, 0.5) is 5.69 Å². The molecule has 8 heteroatoms. The molecule has 0 aromatic heterocycles. The molecule has 1 aliphatic rings. The Morgan fingerprint density at radius 1 is 1.07 bits per heavy atom. The lowest BCUT2D eigenvalue weighted by molar-refractivity contribution is -0.135. The number of ether oxygens (including phenoxy) is 2. The van der Waals surface area contributed by atoms with Crippen molar-refractivity contribution in [1.29, 1.82) is 0 Å². The second-order valence-electron chi connectivity index (χ2n) is 6.27. The van der Waals surface area contributed by atoms with Crippen molar-refractivity contribution in [3.05, 3.63) is 47.8 Å². The summed E-state index contributed by atoms with van der Waals surface area (Å²) in [6, 6.07) is 6.93. The molecule has 1 aromatic rings. The van der Waals surface area contributed by atoms with Gasteiger partial charge in [0.2, 0.25) is 0 Å². The predicted octanol–water partition coefficient (Wildman–Crippen LogP) is 1.46. The minimum atomic E-state index is -0.573. The van der Waals surface area contributed by atoms with Gasteiger partial charge >= 0.3 is 5.97 Å². The van der Waals surface area contributed by atoms with Crippen LogP contribution in [0.1, 0.15) is 0 Å². The number of rotatable bonds is 6. The molecule has 0 N–H and O–H groups in total. The van der Waals surface area contributed by atoms with Gasteiger partial charge in [0.15, 0.2) is 0 Å². The maximum Gasteiger partial charge on any atom is 0.341 e. The molecule has 1 heterocycles. The van der Waals surface area contributed by atoms with E-state index in [0.717, 1.165) is 0 Å². The Morgan fingerprint density at radius 3 is 2.19 bits per heavy atom. The normalized spacial score (nSPS) is 15.7. The number of carbonyl (C=O) groups excluding carboxylic acids is 2. The molecule has 27 heavy (non-hydrogen) atoms. The van der Waals surface area contributed by atoms with Crippen LogP contribution in [0.15, 0.2) is 52.9 Å². The highest BCUT2D eigenvalue weighted by Crippen LogP contribution is 2.28. The summed E-state index contributed by atoms with van der Waals surface area (Å²) in [7, 11) is 10.00. The van der Waals surface area contributed by atoms with E-state index in [1.165, 1.54) is 12.1 Å². The first kappa shape index (κ1) is 20.0. The maximum absolute atomic E-state index is 13.0. The Hall–Kier alpha value is -3.29. The number of anilines is 1. The lowest BCUT2D eigenvalue weighted by Crippen LogP contribution is -2.24. The number of hydrazone groups is 1. The van der Waals surface area contributed by atoms with Crippen LogP contribution in [-0.4, -0.2) is 69.8 Å². The molecule has 0 unspecified atom stereocenters. The van der Waals surface area contributed by atoms with E-state index in [-0.39, 0.29) is 17.2 Å². The standard InChI is InChI=1S/C19H24N4O4/c1-21(2)11-15-17(16(12-22(3)4)19(25)27-6)20-23(18(15)24)13-7-9-14(26-5)10-8-13/h7-12H,1-6H3/b15-11?,16-12+. The predicted molar refractivity (Wildman–Crippen MR) is 103 cm³/mol. The Bertz CT molecular complexity index is 808. The number of amides is 1. The zero-order chi connectivity index (χ0) is 20.1. The minimum Gasteiger partial charge on any atom is -0.497 e. The summed E-state index contributed by atoms with van der Waals surface area (Å²) in [4.78, 5) is 28.7. The fourth-order valence-corrected chi connectivity index (χ4v) is 2.47. The summed E-state index contributed by atoms with van der Waals surface area (Å²) >= 11 is 0. The highest BCUT2D eigenvalue weighted by molar-refractivity contribution is 6.40. The third-order valence-electron chi connectivity index (χ3n) is 3.63. The van der Waals surface area contributed by atoms with Gasteiger partial charge < -0.3 is 19.3 Å². The number of carbonyl (C=O) groups is 2. The monoisotopic (exact) mass is 372 g/mol. The first-order valence-corrected chi connectivity index (χ1v) is 8.21. The number of nitrogens with zero attached hydrogens (tertiary/aromatic N) is 4. The molecule has 0 radical (unpaired) electrons. The Kier molecular flexibility index (Phi) is 6.23. The summed E-state index contributed by atoms with van der Waals surface area (Å²) < 4.78 is 10.0. The van der Waals surface area contributed by atoms with Gasteiger partial charge in [-0.3, -0.25) is 4.79 Å². The molecule has 1 amide bonds. The molecule has 0 fully saturated rings. The Morgan fingerprint density at radius 2 is 1.70 bits per heavy atom. The van der Waals surface area contributed by atoms with Gasteiger partial charge in [0, 0.05) is 40.6 Å². The lowest BCUT2D eigenvalue weighted by Gasteiger charge is -2.13. The average Bonchev–Trinajstić information content (AvgIpc) is 2.95. The molecule has 0 spiro atoms. The number of esters is 1. The van der Waals surface area contributed by atoms with Crippen molar-refractivity contribution < 1.29 is 19.1 Å². The van der Waals surface area contributed by atoms with Gasteiger partial charge in [-0.15, -0.1) is 0 Å². The van der Waals surface area contributed by atoms with Crippen molar-refractivity contribution in [1.82, 2.24) is 9.80 Å². The van der Waals surface area contributed by atoms with Crippen LogP contribution in [0.25, 0.3) is 0 Å². The number of benzene rings is 1. The quantitative estimate of drug-likeness (QED) is 0.556. The smallest absolute Gasteiger partial charge is 0.341 e. The molecular weight excluding hydrogens is 348 g/mol. The molecule has 2 rings (SSSR count). The number of hydrogen-bond acceptors (Lipinski definition) is 7. The van der Waals surface area contributed by atoms with Gasteiger partial charge in [-0.2, -0.15) is 10.1 Å². The average molecular weight is 372 g/mol. The Labute approximate surface area is 158 Å². The van der Waals surface area contributed by atoms with Gasteiger partial charge in [0.25, 0.3) is 5.91 Å². The zero-order valence-electron chi connectivity index (χ0n) is 16.4. The molecular formula is C19H24N4O4. The van der Waals surface area contributed by atoms with Crippen LogP contribution in [0.3, 0.4) is 0 Å². The highest BCUT2D eigenvalue weighted by atomic mass is 16.5. The van der Waals surface area contributed by atoms with Crippen molar-refractivity contribution in [2.75, 3.05) is 47.4 Å². The lowest BCUT2D eigenvalue weighted by atomic mass is 10.0. The molecule has 0 saturated heterocycles. The zero-order valence-corrected chi connectivity index (χ0v) is 16.4. The summed E-state index contributed by atoms with van der Waals surface area (Å²) in [5, 5.41) is 5.68. The third-order valence-corrected chi connectivity index (χ3v) is 3.63. The van der Waals surface area contributed by atoms with Crippen molar-refractivity contribution in [3.63, 3.8) is 0 Å². The highest BCUT2D eigenvalue weighted by Gasteiger charge is 2.36. The fourth-order valence-electron chi connectivity index (χ4n) is 2.47. The van der Waals surface area contributed by atoms with Gasteiger partial charge in [-0.25, -0.2) is 4.79 Å². The van der Waals surface area contributed by atoms with Crippen molar-refractivity contribution in [2.45, 2.75) is 0 Å². The van der Waals surface area contributed by atoms with Crippen LogP contribution in [-0.2, 0) is 14.3 Å². The minimum absolute atomic E-state index is 0.194. The molecule has 0 saturated carbocycles. The maximum atomic E-state index is 13.0.